The van der Waals surface area contributed by atoms with Crippen LogP contribution in [0.1, 0.15) is 39.5 Å². The van der Waals surface area contributed by atoms with Crippen LogP contribution in [0.15, 0.2) is 0 Å². The molecule has 0 heterocycles. The minimum Gasteiger partial charge on any atom is -0.385 e. The molecule has 0 N–H and O–H groups in total. The molecule has 0 amide bonds. The van der Waals surface area contributed by atoms with Gasteiger partial charge in [0.2, 0.25) is 0 Å². The zero-order chi connectivity index (χ0) is 9.40. The first kappa shape index (κ1) is 11.6. The Bertz CT molecular complexity index is 119. The van der Waals surface area contributed by atoms with Crippen molar-refractivity contribution in [2.24, 2.45) is 5.92 Å². The Morgan fingerprint density at radius 2 is 2.00 bits per heavy atom. The molecule has 0 aromatic rings. The van der Waals surface area contributed by atoms with E-state index in [0.717, 1.165) is 19.3 Å². The third kappa shape index (κ3) is 7.73. The highest BCUT2D eigenvalue weighted by atomic mass is 16.5. The molecular formula is C10H20O2. The van der Waals surface area contributed by atoms with Gasteiger partial charge in [-0.15, -0.1) is 0 Å². The van der Waals surface area contributed by atoms with Crippen LogP contribution in [-0.4, -0.2) is 19.5 Å². The Hall–Kier alpha value is -0.370. The average molecular weight is 172 g/mol. The summed E-state index contributed by atoms with van der Waals surface area (Å²) in [4.78, 5) is 11.2. The van der Waals surface area contributed by atoms with E-state index in [4.69, 9.17) is 4.74 Å². The minimum atomic E-state index is 0.376. The summed E-state index contributed by atoms with van der Waals surface area (Å²) < 4.78 is 4.87. The van der Waals surface area contributed by atoms with Gasteiger partial charge in [-0.3, -0.25) is 4.79 Å². The summed E-state index contributed by atoms with van der Waals surface area (Å²) >= 11 is 0. The summed E-state index contributed by atoms with van der Waals surface area (Å²) in [5.41, 5.74) is 0. The SMILES string of the molecule is COCCCC(=O)CCC(C)C. The lowest BCUT2D eigenvalue weighted by Crippen LogP contribution is -2.02. The summed E-state index contributed by atoms with van der Waals surface area (Å²) in [5, 5.41) is 0. The molecule has 0 spiro atoms. The van der Waals surface area contributed by atoms with Gasteiger partial charge < -0.3 is 4.74 Å². The lowest BCUT2D eigenvalue weighted by molar-refractivity contribution is -0.119. The summed E-state index contributed by atoms with van der Waals surface area (Å²) in [6.45, 7) is 4.98. The third-order valence-electron chi connectivity index (χ3n) is 1.80. The molecule has 0 aromatic heterocycles. The molecule has 12 heavy (non-hydrogen) atoms. The maximum absolute atomic E-state index is 11.2. The molecule has 72 valence electrons. The van der Waals surface area contributed by atoms with Crippen LogP contribution in [0.2, 0.25) is 0 Å². The van der Waals surface area contributed by atoms with Crippen LogP contribution in [0.3, 0.4) is 0 Å². The number of ether oxygens (including phenoxy) is 1. The number of carbonyl (C=O) groups excluding carboxylic acids is 1. The third-order valence-corrected chi connectivity index (χ3v) is 1.80. The number of carbonyl (C=O) groups is 1. The molecule has 0 atom stereocenters. The Morgan fingerprint density at radius 3 is 2.50 bits per heavy atom. The average Bonchev–Trinajstić information content (AvgIpc) is 2.01. The zero-order valence-corrected chi connectivity index (χ0v) is 8.43. The van der Waals surface area contributed by atoms with Crippen LogP contribution in [0, 0.1) is 5.92 Å². The number of methoxy groups -OCH3 is 1. The Kier molecular flexibility index (Phi) is 7.06. The fraction of sp³-hybridized carbons (Fsp3) is 0.900. The van der Waals surface area contributed by atoms with Gasteiger partial charge in [0.1, 0.15) is 5.78 Å². The largest absolute Gasteiger partial charge is 0.385 e. The van der Waals surface area contributed by atoms with Crippen LogP contribution >= 0.6 is 0 Å². The van der Waals surface area contributed by atoms with E-state index < -0.39 is 0 Å². The Morgan fingerprint density at radius 1 is 1.33 bits per heavy atom. The molecule has 0 unspecified atom stereocenters. The second-order valence-electron chi connectivity index (χ2n) is 3.57. The van der Waals surface area contributed by atoms with Crippen molar-refractivity contribution in [1.82, 2.24) is 0 Å². The molecule has 0 fully saturated rings. The highest BCUT2D eigenvalue weighted by molar-refractivity contribution is 5.78. The maximum atomic E-state index is 11.2. The van der Waals surface area contributed by atoms with Crippen molar-refractivity contribution in [2.45, 2.75) is 39.5 Å². The first-order valence-corrected chi connectivity index (χ1v) is 4.67. The molecule has 0 saturated carbocycles. The molecule has 2 heteroatoms. The number of hydrogen-bond donors (Lipinski definition) is 0. The lowest BCUT2D eigenvalue weighted by atomic mass is 10.0. The fourth-order valence-corrected chi connectivity index (χ4v) is 0.988. The quantitative estimate of drug-likeness (QED) is 0.551. The predicted octanol–water partition coefficient (Wildman–Crippen LogP) is 2.42. The molecule has 0 saturated heterocycles. The number of hydrogen-bond acceptors (Lipinski definition) is 2. The van der Waals surface area contributed by atoms with E-state index in [0.29, 0.717) is 24.7 Å². The van der Waals surface area contributed by atoms with Crippen LogP contribution in [0.5, 0.6) is 0 Å². The highest BCUT2D eigenvalue weighted by Crippen LogP contribution is 2.06. The summed E-state index contributed by atoms with van der Waals surface area (Å²) in [7, 11) is 1.67. The maximum Gasteiger partial charge on any atom is 0.133 e. The first-order valence-electron chi connectivity index (χ1n) is 4.67. The van der Waals surface area contributed by atoms with Gasteiger partial charge in [0.15, 0.2) is 0 Å². The molecule has 0 aliphatic carbocycles. The van der Waals surface area contributed by atoms with E-state index in [9.17, 15) is 4.79 Å². The van der Waals surface area contributed by atoms with Crippen molar-refractivity contribution in [3.8, 4) is 0 Å². The van der Waals surface area contributed by atoms with Gasteiger partial charge in [0.25, 0.3) is 0 Å². The second kappa shape index (κ2) is 7.29. The summed E-state index contributed by atoms with van der Waals surface area (Å²) in [6.07, 6.45) is 3.31. The fourth-order valence-electron chi connectivity index (χ4n) is 0.988. The van der Waals surface area contributed by atoms with Gasteiger partial charge in [-0.05, 0) is 18.8 Å². The lowest BCUT2D eigenvalue weighted by Gasteiger charge is -2.03. The topological polar surface area (TPSA) is 26.3 Å². The van der Waals surface area contributed by atoms with E-state index in [1.54, 1.807) is 7.11 Å². The summed E-state index contributed by atoms with van der Waals surface area (Å²) in [6, 6.07) is 0. The normalized spacial score (nSPS) is 10.7. The molecular weight excluding hydrogens is 152 g/mol. The van der Waals surface area contributed by atoms with E-state index in [-0.39, 0.29) is 0 Å². The number of ketones is 1. The van der Waals surface area contributed by atoms with Gasteiger partial charge in [-0.2, -0.15) is 0 Å². The number of rotatable bonds is 7. The van der Waals surface area contributed by atoms with E-state index in [1.807, 2.05) is 0 Å². The first-order chi connectivity index (χ1) is 5.66. The van der Waals surface area contributed by atoms with Crippen molar-refractivity contribution >= 4 is 5.78 Å². The smallest absolute Gasteiger partial charge is 0.133 e. The van der Waals surface area contributed by atoms with E-state index in [1.165, 1.54) is 0 Å². The molecule has 0 rings (SSSR count). The second-order valence-corrected chi connectivity index (χ2v) is 3.57. The molecule has 0 aliphatic rings. The van der Waals surface area contributed by atoms with E-state index in [2.05, 4.69) is 13.8 Å². The van der Waals surface area contributed by atoms with Gasteiger partial charge in [-0.1, -0.05) is 13.8 Å². The van der Waals surface area contributed by atoms with Gasteiger partial charge in [0.05, 0.1) is 0 Å². The van der Waals surface area contributed by atoms with Crippen molar-refractivity contribution < 1.29 is 9.53 Å². The molecule has 0 bridgehead atoms. The van der Waals surface area contributed by atoms with Crippen molar-refractivity contribution in [1.29, 1.82) is 0 Å². The highest BCUT2D eigenvalue weighted by Gasteiger charge is 2.02. The van der Waals surface area contributed by atoms with Crippen LogP contribution in [0.25, 0.3) is 0 Å². The predicted molar refractivity (Wildman–Crippen MR) is 50.2 cm³/mol. The molecule has 0 aromatic carbocycles. The summed E-state index contributed by atoms with van der Waals surface area (Å²) in [5.74, 6) is 1.01. The number of Topliss-reactive ketones (excluding diaryl/α,β-unsaturated/α-hetero) is 1. The molecule has 0 aliphatic heterocycles. The zero-order valence-electron chi connectivity index (χ0n) is 8.43. The van der Waals surface area contributed by atoms with Crippen LogP contribution < -0.4 is 0 Å². The molecule has 2 nitrogen and oxygen atoms in total. The van der Waals surface area contributed by atoms with Crippen molar-refractivity contribution in [3.63, 3.8) is 0 Å². The monoisotopic (exact) mass is 172 g/mol. The van der Waals surface area contributed by atoms with Crippen molar-refractivity contribution in [2.75, 3.05) is 13.7 Å². The standard InChI is InChI=1S/C10H20O2/c1-9(2)6-7-10(11)5-4-8-12-3/h9H,4-8H2,1-3H3. The Balaban J connectivity index is 3.22. The Labute approximate surface area is 75.3 Å². The van der Waals surface area contributed by atoms with Gasteiger partial charge in [-0.25, -0.2) is 0 Å². The van der Waals surface area contributed by atoms with Crippen LogP contribution in [-0.2, 0) is 9.53 Å². The molecule has 0 radical (unpaired) electrons. The minimum absolute atomic E-state index is 0.376. The van der Waals surface area contributed by atoms with Gasteiger partial charge >= 0.3 is 0 Å². The van der Waals surface area contributed by atoms with E-state index >= 15 is 0 Å². The van der Waals surface area contributed by atoms with Crippen LogP contribution in [0.4, 0.5) is 0 Å². The van der Waals surface area contributed by atoms with Crippen molar-refractivity contribution in [3.05, 3.63) is 0 Å². The van der Waals surface area contributed by atoms with Gasteiger partial charge in [0, 0.05) is 26.6 Å².